The summed E-state index contributed by atoms with van der Waals surface area (Å²) in [6, 6.07) is 13.5. The highest BCUT2D eigenvalue weighted by Gasteiger charge is 2.37. The third kappa shape index (κ3) is 3.48. The van der Waals surface area contributed by atoms with Gasteiger partial charge in [0.2, 0.25) is 0 Å². The molecule has 3 heterocycles. The fraction of sp³-hybridized carbons (Fsp3) is 0.154. The SMILES string of the molecule is C=CCN1C(=O)C(=c2sc3n(c2=O)[C@@H](c2ccccc2Cl)C(C(=O)OC)=C(C)N=3)c2ccccc21. The Morgan fingerprint density at radius 1 is 1.20 bits per heavy atom. The number of carbonyl (C=O) groups excluding carboxylic acids is 2. The van der Waals surface area contributed by atoms with Crippen molar-refractivity contribution in [1.82, 2.24) is 4.57 Å². The van der Waals surface area contributed by atoms with Crippen LogP contribution in [0.3, 0.4) is 0 Å². The summed E-state index contributed by atoms with van der Waals surface area (Å²) in [4.78, 5) is 46.8. The third-order valence-electron chi connectivity index (χ3n) is 6.06. The molecule has 176 valence electrons. The molecule has 0 spiro atoms. The average molecular weight is 506 g/mol. The van der Waals surface area contributed by atoms with Gasteiger partial charge in [-0.25, -0.2) is 9.79 Å². The minimum atomic E-state index is -0.849. The molecule has 2 aromatic carbocycles. The zero-order chi connectivity index (χ0) is 24.9. The van der Waals surface area contributed by atoms with Gasteiger partial charge in [-0.1, -0.05) is 65.4 Å². The zero-order valence-corrected chi connectivity index (χ0v) is 20.5. The van der Waals surface area contributed by atoms with Crippen molar-refractivity contribution in [3.05, 3.63) is 108 Å². The first-order valence-corrected chi connectivity index (χ1v) is 12.0. The van der Waals surface area contributed by atoms with Crippen molar-refractivity contribution >= 4 is 46.1 Å². The Bertz CT molecular complexity index is 1630. The van der Waals surface area contributed by atoms with E-state index in [9.17, 15) is 14.4 Å². The van der Waals surface area contributed by atoms with Crippen molar-refractivity contribution < 1.29 is 14.3 Å². The largest absolute Gasteiger partial charge is 0.466 e. The van der Waals surface area contributed by atoms with Crippen molar-refractivity contribution in [2.75, 3.05) is 18.6 Å². The van der Waals surface area contributed by atoms with E-state index in [2.05, 4.69) is 11.6 Å². The summed E-state index contributed by atoms with van der Waals surface area (Å²) in [5, 5.41) is 0.395. The summed E-state index contributed by atoms with van der Waals surface area (Å²) in [5.74, 6) is -0.886. The van der Waals surface area contributed by atoms with Crippen molar-refractivity contribution in [3.8, 4) is 0 Å². The van der Waals surface area contributed by atoms with Crippen LogP contribution in [0.5, 0.6) is 0 Å². The Balaban J connectivity index is 1.86. The van der Waals surface area contributed by atoms with Gasteiger partial charge in [-0.2, -0.15) is 0 Å². The molecule has 9 heteroatoms. The van der Waals surface area contributed by atoms with Gasteiger partial charge in [0.05, 0.1) is 29.6 Å². The highest BCUT2D eigenvalue weighted by molar-refractivity contribution is 7.07. The van der Waals surface area contributed by atoms with E-state index in [1.54, 1.807) is 42.2 Å². The number of benzene rings is 2. The zero-order valence-electron chi connectivity index (χ0n) is 18.9. The molecule has 1 aromatic heterocycles. The Morgan fingerprint density at radius 2 is 1.91 bits per heavy atom. The number of para-hydroxylation sites is 1. The summed E-state index contributed by atoms with van der Waals surface area (Å²) in [7, 11) is 1.28. The predicted octanol–water partition coefficient (Wildman–Crippen LogP) is 2.96. The van der Waals surface area contributed by atoms with Crippen LogP contribution in [0.15, 0.2) is 82.2 Å². The maximum absolute atomic E-state index is 14.0. The lowest BCUT2D eigenvalue weighted by Crippen LogP contribution is -2.41. The van der Waals surface area contributed by atoms with Crippen LogP contribution in [0.25, 0.3) is 5.57 Å². The van der Waals surface area contributed by atoms with Crippen LogP contribution < -0.4 is 19.8 Å². The minimum absolute atomic E-state index is 0.219. The van der Waals surface area contributed by atoms with Crippen LogP contribution in [0.2, 0.25) is 5.02 Å². The van der Waals surface area contributed by atoms with Crippen LogP contribution in [0.1, 0.15) is 24.1 Å². The molecule has 0 saturated carbocycles. The minimum Gasteiger partial charge on any atom is -0.466 e. The van der Waals surface area contributed by atoms with E-state index in [0.29, 0.717) is 44.5 Å². The van der Waals surface area contributed by atoms with Gasteiger partial charge in [-0.15, -0.1) is 6.58 Å². The van der Waals surface area contributed by atoms with Crippen LogP contribution in [-0.4, -0.2) is 30.1 Å². The second kappa shape index (κ2) is 8.79. The number of esters is 1. The summed E-state index contributed by atoms with van der Waals surface area (Å²) >= 11 is 7.64. The third-order valence-corrected chi connectivity index (χ3v) is 7.46. The monoisotopic (exact) mass is 505 g/mol. The lowest BCUT2D eigenvalue weighted by atomic mass is 9.96. The summed E-state index contributed by atoms with van der Waals surface area (Å²) in [5.41, 5.74) is 2.47. The number of methoxy groups -OCH3 is 1. The number of anilines is 1. The molecular formula is C26H20ClN3O4S. The number of aromatic nitrogens is 1. The molecule has 1 amide bonds. The molecule has 2 aliphatic rings. The molecule has 0 bridgehead atoms. The van der Waals surface area contributed by atoms with Gasteiger partial charge >= 0.3 is 5.97 Å². The van der Waals surface area contributed by atoms with Gasteiger partial charge in [0.15, 0.2) is 4.80 Å². The van der Waals surface area contributed by atoms with Gasteiger partial charge < -0.3 is 9.64 Å². The molecule has 0 radical (unpaired) electrons. The number of amides is 1. The first kappa shape index (κ1) is 23.0. The van der Waals surface area contributed by atoms with E-state index in [1.807, 2.05) is 24.3 Å². The number of carbonyl (C=O) groups is 2. The number of ether oxygens (including phenoxy) is 1. The van der Waals surface area contributed by atoms with E-state index >= 15 is 0 Å². The molecule has 2 aliphatic heterocycles. The lowest BCUT2D eigenvalue weighted by molar-refractivity contribution is -0.136. The molecule has 0 N–H and O–H groups in total. The number of fused-ring (bicyclic) bond motifs is 2. The highest BCUT2D eigenvalue weighted by Crippen LogP contribution is 2.36. The molecule has 3 aromatic rings. The van der Waals surface area contributed by atoms with Crippen molar-refractivity contribution in [2.45, 2.75) is 13.0 Å². The fourth-order valence-corrected chi connectivity index (χ4v) is 5.92. The number of thiazole rings is 1. The van der Waals surface area contributed by atoms with Gasteiger partial charge in [-0.3, -0.25) is 14.2 Å². The predicted molar refractivity (Wildman–Crippen MR) is 135 cm³/mol. The molecule has 1 atom stereocenters. The molecule has 0 aliphatic carbocycles. The Morgan fingerprint density at radius 3 is 2.63 bits per heavy atom. The molecule has 5 rings (SSSR count). The second-order valence-electron chi connectivity index (χ2n) is 8.01. The smallest absolute Gasteiger partial charge is 0.338 e. The summed E-state index contributed by atoms with van der Waals surface area (Å²) in [6.07, 6.45) is 1.64. The topological polar surface area (TPSA) is 81.0 Å². The van der Waals surface area contributed by atoms with E-state index in [1.165, 1.54) is 11.7 Å². The van der Waals surface area contributed by atoms with Crippen LogP contribution in [0, 0.1) is 0 Å². The maximum atomic E-state index is 14.0. The standard InChI is InChI=1S/C26H20ClN3O4S/c1-4-13-29-18-12-8-6-10-16(18)20(23(29)31)22-24(32)30-21(15-9-5-7-11-17(15)27)19(25(33)34-3)14(2)28-26(30)35-22/h4-12,21H,1,13H2,2-3H3/t21-/m0/s1. The van der Waals surface area contributed by atoms with E-state index < -0.39 is 17.6 Å². The maximum Gasteiger partial charge on any atom is 0.338 e. The van der Waals surface area contributed by atoms with Gasteiger partial charge in [0, 0.05) is 17.1 Å². The van der Waals surface area contributed by atoms with Crippen molar-refractivity contribution in [1.29, 1.82) is 0 Å². The first-order valence-electron chi connectivity index (χ1n) is 10.8. The fourth-order valence-electron chi connectivity index (χ4n) is 4.54. The summed E-state index contributed by atoms with van der Waals surface area (Å²) in [6.45, 7) is 5.75. The number of hydrogen-bond donors (Lipinski definition) is 0. The Hall–Kier alpha value is -3.75. The van der Waals surface area contributed by atoms with E-state index in [-0.39, 0.29) is 16.0 Å². The summed E-state index contributed by atoms with van der Waals surface area (Å²) < 4.78 is 6.71. The van der Waals surface area contributed by atoms with Gasteiger partial charge in [0.25, 0.3) is 11.5 Å². The molecule has 7 nitrogen and oxygen atoms in total. The number of allylic oxidation sites excluding steroid dienone is 1. The van der Waals surface area contributed by atoms with Gasteiger partial charge in [0.1, 0.15) is 10.6 Å². The highest BCUT2D eigenvalue weighted by atomic mass is 35.5. The first-order chi connectivity index (χ1) is 16.9. The van der Waals surface area contributed by atoms with Crippen LogP contribution >= 0.6 is 22.9 Å². The Kier molecular flexibility index (Phi) is 5.78. The molecule has 0 fully saturated rings. The van der Waals surface area contributed by atoms with Gasteiger partial charge in [-0.05, 0) is 24.6 Å². The molecular weight excluding hydrogens is 486 g/mol. The molecule has 0 saturated heterocycles. The molecule has 0 unspecified atom stereocenters. The Labute approximate surface area is 209 Å². The van der Waals surface area contributed by atoms with E-state index in [4.69, 9.17) is 16.3 Å². The lowest BCUT2D eigenvalue weighted by Gasteiger charge is -2.25. The van der Waals surface area contributed by atoms with Crippen molar-refractivity contribution in [2.24, 2.45) is 4.99 Å². The molecule has 35 heavy (non-hydrogen) atoms. The number of rotatable bonds is 4. The number of halogens is 1. The van der Waals surface area contributed by atoms with Crippen LogP contribution in [-0.2, 0) is 14.3 Å². The normalized spacial score (nSPS) is 18.2. The second-order valence-corrected chi connectivity index (χ2v) is 9.40. The quantitative estimate of drug-likeness (QED) is 0.403. The van der Waals surface area contributed by atoms with Crippen LogP contribution in [0.4, 0.5) is 5.69 Å². The number of nitrogens with zero attached hydrogens (tertiary/aromatic N) is 3. The number of hydrogen-bond acceptors (Lipinski definition) is 6. The average Bonchev–Trinajstić information content (AvgIpc) is 3.31. The van der Waals surface area contributed by atoms with E-state index in [0.717, 1.165) is 11.3 Å². The van der Waals surface area contributed by atoms with Crippen molar-refractivity contribution in [3.63, 3.8) is 0 Å².